The summed E-state index contributed by atoms with van der Waals surface area (Å²) in [4.78, 5) is 37.1. The molecule has 1 spiro atoms. The van der Waals surface area contributed by atoms with Gasteiger partial charge in [0.1, 0.15) is 5.78 Å². The van der Waals surface area contributed by atoms with E-state index in [-0.39, 0.29) is 11.8 Å². The highest BCUT2D eigenvalue weighted by atomic mass is 16.2. The molecule has 3 aliphatic heterocycles. The molecule has 1 aromatic heterocycles. The number of carbonyl (C=O) groups excluding carboxylic acids is 2. The first kappa shape index (κ1) is 20.1. The van der Waals surface area contributed by atoms with Crippen molar-refractivity contribution in [3.05, 3.63) is 24.5 Å². The fraction of sp³-hybridized carbons (Fsp3) is 0.682. The van der Waals surface area contributed by atoms with Crippen LogP contribution in [0.3, 0.4) is 0 Å². The Morgan fingerprint density at radius 3 is 2.21 bits per heavy atom. The van der Waals surface area contributed by atoms with E-state index in [2.05, 4.69) is 31.8 Å². The fourth-order valence-electron chi connectivity index (χ4n) is 4.97. The number of urea groups is 1. The van der Waals surface area contributed by atoms with Gasteiger partial charge in [-0.25, -0.2) is 4.79 Å². The Kier molecular flexibility index (Phi) is 6.04. The third kappa shape index (κ3) is 4.71. The standard InChI is InChI=1S/C22H33N5O2/c1-19(28)4-10-24-14-16-26(17-15-24)21(29)25-11-5-22(6-12-25)7-13-27(18-22)20-2-8-23-9-3-20/h2-3,8-9H,4-7,10-18H2,1H3. The van der Waals surface area contributed by atoms with E-state index in [0.29, 0.717) is 11.8 Å². The number of anilines is 1. The van der Waals surface area contributed by atoms with Crippen LogP contribution in [0.1, 0.15) is 32.6 Å². The summed E-state index contributed by atoms with van der Waals surface area (Å²) in [6, 6.07) is 4.39. The normalized spacial score (nSPS) is 22.3. The number of carbonyl (C=O) groups is 2. The number of rotatable bonds is 4. The zero-order valence-corrected chi connectivity index (χ0v) is 17.6. The number of aromatic nitrogens is 1. The van der Waals surface area contributed by atoms with Gasteiger partial charge in [0.15, 0.2) is 0 Å². The first-order valence-electron chi connectivity index (χ1n) is 11.0. The molecular weight excluding hydrogens is 366 g/mol. The topological polar surface area (TPSA) is 60.0 Å². The van der Waals surface area contributed by atoms with Crippen LogP contribution in [0.15, 0.2) is 24.5 Å². The van der Waals surface area contributed by atoms with E-state index in [1.807, 2.05) is 17.3 Å². The quantitative estimate of drug-likeness (QED) is 0.776. The maximum atomic E-state index is 13.0. The molecule has 3 aliphatic rings. The van der Waals surface area contributed by atoms with E-state index in [1.165, 1.54) is 12.1 Å². The molecule has 29 heavy (non-hydrogen) atoms. The molecule has 7 nitrogen and oxygen atoms in total. The zero-order chi connectivity index (χ0) is 20.3. The molecule has 4 heterocycles. The molecule has 0 aliphatic carbocycles. The summed E-state index contributed by atoms with van der Waals surface area (Å²) in [5, 5.41) is 0. The molecule has 7 heteroatoms. The molecule has 0 N–H and O–H groups in total. The van der Waals surface area contributed by atoms with Gasteiger partial charge in [0.25, 0.3) is 0 Å². The summed E-state index contributed by atoms with van der Waals surface area (Å²) < 4.78 is 0. The van der Waals surface area contributed by atoms with Crippen molar-refractivity contribution in [3.63, 3.8) is 0 Å². The van der Waals surface area contributed by atoms with Gasteiger partial charge in [-0.05, 0) is 43.7 Å². The largest absolute Gasteiger partial charge is 0.371 e. The summed E-state index contributed by atoms with van der Waals surface area (Å²) in [5.74, 6) is 0.236. The van der Waals surface area contributed by atoms with Gasteiger partial charge in [-0.15, -0.1) is 0 Å². The summed E-state index contributed by atoms with van der Waals surface area (Å²) in [7, 11) is 0. The van der Waals surface area contributed by atoms with Crippen molar-refractivity contribution < 1.29 is 9.59 Å². The Bertz CT molecular complexity index is 709. The van der Waals surface area contributed by atoms with Crippen molar-refractivity contribution in [3.8, 4) is 0 Å². The monoisotopic (exact) mass is 399 g/mol. The molecule has 0 saturated carbocycles. The van der Waals surface area contributed by atoms with Crippen molar-refractivity contribution >= 4 is 17.5 Å². The van der Waals surface area contributed by atoms with Crippen LogP contribution in [-0.4, -0.2) is 90.4 Å². The van der Waals surface area contributed by atoms with Gasteiger partial charge in [0.05, 0.1) is 0 Å². The molecule has 0 unspecified atom stereocenters. The number of piperazine rings is 1. The van der Waals surface area contributed by atoms with Gasteiger partial charge in [-0.1, -0.05) is 0 Å². The lowest BCUT2D eigenvalue weighted by molar-refractivity contribution is -0.117. The van der Waals surface area contributed by atoms with Crippen molar-refractivity contribution in [1.82, 2.24) is 19.7 Å². The predicted molar refractivity (Wildman–Crippen MR) is 113 cm³/mol. The van der Waals surface area contributed by atoms with Gasteiger partial charge in [-0.2, -0.15) is 0 Å². The van der Waals surface area contributed by atoms with Crippen molar-refractivity contribution in [2.45, 2.75) is 32.6 Å². The Hall–Kier alpha value is -2.15. The molecule has 0 aromatic carbocycles. The summed E-state index contributed by atoms with van der Waals surface area (Å²) >= 11 is 0. The first-order chi connectivity index (χ1) is 14.0. The van der Waals surface area contributed by atoms with Crippen LogP contribution in [-0.2, 0) is 4.79 Å². The minimum atomic E-state index is 0.204. The second kappa shape index (κ2) is 8.69. The third-order valence-electron chi connectivity index (χ3n) is 6.98. The van der Waals surface area contributed by atoms with Gasteiger partial charge in [0, 0.05) is 83.4 Å². The fourth-order valence-corrected chi connectivity index (χ4v) is 4.97. The number of Topliss-reactive ketones (excluding diaryl/α,β-unsaturated/α-hetero) is 1. The lowest BCUT2D eigenvalue weighted by atomic mass is 9.78. The molecule has 2 amide bonds. The van der Waals surface area contributed by atoms with Gasteiger partial charge < -0.3 is 14.7 Å². The summed E-state index contributed by atoms with van der Waals surface area (Å²) in [6.45, 7) is 9.67. The van der Waals surface area contributed by atoms with E-state index in [1.54, 1.807) is 6.92 Å². The van der Waals surface area contributed by atoms with Gasteiger partial charge >= 0.3 is 6.03 Å². The number of ketones is 1. The lowest BCUT2D eigenvalue weighted by Crippen LogP contribution is -2.55. The number of hydrogen-bond acceptors (Lipinski definition) is 5. The number of hydrogen-bond donors (Lipinski definition) is 0. The predicted octanol–water partition coefficient (Wildman–Crippen LogP) is 2.09. The number of piperidine rings is 1. The Balaban J connectivity index is 1.24. The van der Waals surface area contributed by atoms with E-state index in [0.717, 1.165) is 71.7 Å². The number of amides is 2. The number of likely N-dealkylation sites (tertiary alicyclic amines) is 1. The molecule has 0 bridgehead atoms. The molecule has 1 aromatic rings. The highest BCUT2D eigenvalue weighted by molar-refractivity contribution is 5.75. The van der Waals surface area contributed by atoms with Gasteiger partial charge in [0.2, 0.25) is 0 Å². The third-order valence-corrected chi connectivity index (χ3v) is 6.98. The van der Waals surface area contributed by atoms with Crippen LogP contribution in [0.25, 0.3) is 0 Å². The average Bonchev–Trinajstić information content (AvgIpc) is 3.17. The minimum absolute atomic E-state index is 0.204. The highest BCUT2D eigenvalue weighted by Crippen LogP contribution is 2.41. The van der Waals surface area contributed by atoms with Crippen LogP contribution < -0.4 is 4.90 Å². The highest BCUT2D eigenvalue weighted by Gasteiger charge is 2.42. The van der Waals surface area contributed by atoms with E-state index in [9.17, 15) is 9.59 Å². The Morgan fingerprint density at radius 1 is 0.931 bits per heavy atom. The minimum Gasteiger partial charge on any atom is -0.371 e. The number of nitrogens with zero attached hydrogens (tertiary/aromatic N) is 5. The molecule has 4 rings (SSSR count). The Morgan fingerprint density at radius 2 is 1.55 bits per heavy atom. The van der Waals surface area contributed by atoms with Crippen LogP contribution in [0.4, 0.5) is 10.5 Å². The molecule has 0 radical (unpaired) electrons. The van der Waals surface area contributed by atoms with Crippen LogP contribution in [0, 0.1) is 5.41 Å². The van der Waals surface area contributed by atoms with Gasteiger partial charge in [-0.3, -0.25) is 14.7 Å². The van der Waals surface area contributed by atoms with Crippen LogP contribution in [0.5, 0.6) is 0 Å². The van der Waals surface area contributed by atoms with Crippen molar-refractivity contribution in [2.75, 3.05) is 63.8 Å². The summed E-state index contributed by atoms with van der Waals surface area (Å²) in [5.41, 5.74) is 1.61. The second-order valence-electron chi connectivity index (χ2n) is 8.93. The van der Waals surface area contributed by atoms with Crippen molar-refractivity contribution in [2.24, 2.45) is 5.41 Å². The molecular formula is C22H33N5O2. The van der Waals surface area contributed by atoms with Crippen LogP contribution in [0.2, 0.25) is 0 Å². The summed E-state index contributed by atoms with van der Waals surface area (Å²) in [6.07, 6.45) is 7.74. The van der Waals surface area contributed by atoms with E-state index in [4.69, 9.17) is 0 Å². The molecule has 0 atom stereocenters. The van der Waals surface area contributed by atoms with E-state index >= 15 is 0 Å². The average molecular weight is 400 g/mol. The second-order valence-corrected chi connectivity index (χ2v) is 8.93. The molecule has 3 fully saturated rings. The van der Waals surface area contributed by atoms with Crippen molar-refractivity contribution in [1.29, 1.82) is 0 Å². The smallest absolute Gasteiger partial charge is 0.320 e. The first-order valence-corrected chi connectivity index (χ1v) is 11.0. The Labute approximate surface area is 173 Å². The maximum absolute atomic E-state index is 13.0. The molecule has 3 saturated heterocycles. The lowest BCUT2D eigenvalue weighted by Gasteiger charge is -2.42. The zero-order valence-electron chi connectivity index (χ0n) is 17.6. The number of pyridine rings is 1. The van der Waals surface area contributed by atoms with Crippen LogP contribution >= 0.6 is 0 Å². The van der Waals surface area contributed by atoms with E-state index < -0.39 is 0 Å². The SMILES string of the molecule is CC(=O)CCN1CCN(C(=O)N2CCC3(CC2)CCN(c2ccncc2)C3)CC1. The maximum Gasteiger partial charge on any atom is 0.320 e. The molecule has 158 valence electrons.